The molecule has 0 heterocycles. The van der Waals surface area contributed by atoms with Crippen LogP contribution in [0.25, 0.3) is 0 Å². The van der Waals surface area contributed by atoms with E-state index in [9.17, 15) is 19.4 Å². The van der Waals surface area contributed by atoms with Gasteiger partial charge in [-0.05, 0) is 57.8 Å². The molecule has 8 nitrogen and oxygen atoms in total. The number of phosphoric ester groups is 1. The Balaban J connectivity index is 4.21. The topological polar surface area (TPSA) is 105 Å². The molecule has 9 heteroatoms. The summed E-state index contributed by atoms with van der Waals surface area (Å²) in [6, 6.07) is -0.865. The van der Waals surface area contributed by atoms with E-state index in [-0.39, 0.29) is 19.1 Å². The Bertz CT molecular complexity index is 1230. The number of phosphoric acid groups is 1. The van der Waals surface area contributed by atoms with Crippen LogP contribution in [0.5, 0.6) is 0 Å². The Labute approximate surface area is 436 Å². The maximum Gasteiger partial charge on any atom is 0.472 e. The van der Waals surface area contributed by atoms with Crippen molar-refractivity contribution in [3.63, 3.8) is 0 Å². The number of carbonyl (C=O) groups is 1. The second-order valence-corrected chi connectivity index (χ2v) is 23.5. The van der Waals surface area contributed by atoms with E-state index >= 15 is 0 Å². The van der Waals surface area contributed by atoms with Gasteiger partial charge in [-0.25, -0.2) is 4.57 Å². The lowest BCUT2D eigenvalue weighted by Crippen LogP contribution is -2.45. The minimum Gasteiger partial charge on any atom is -0.387 e. The molecule has 0 fully saturated rings. The van der Waals surface area contributed by atoms with Crippen molar-refractivity contribution in [2.75, 3.05) is 40.9 Å². The Kier molecular flexibility index (Phi) is 51.6. The average Bonchev–Trinajstić information content (AvgIpc) is 3.32. The van der Waals surface area contributed by atoms with Gasteiger partial charge in [0, 0.05) is 6.42 Å². The van der Waals surface area contributed by atoms with Crippen LogP contribution in [0, 0.1) is 0 Å². The predicted molar refractivity (Wildman–Crippen MR) is 304 cm³/mol. The van der Waals surface area contributed by atoms with Gasteiger partial charge in [0.25, 0.3) is 0 Å². The maximum atomic E-state index is 13.0. The van der Waals surface area contributed by atoms with Crippen LogP contribution in [0.2, 0.25) is 0 Å². The number of amides is 1. The van der Waals surface area contributed by atoms with E-state index in [1.165, 1.54) is 238 Å². The Hall–Kier alpha value is -1.28. The van der Waals surface area contributed by atoms with Crippen LogP contribution >= 0.6 is 7.82 Å². The van der Waals surface area contributed by atoms with Crippen LogP contribution in [0.3, 0.4) is 0 Å². The first-order chi connectivity index (χ1) is 34.0. The molecule has 0 aliphatic carbocycles. The number of nitrogens with zero attached hydrogens (tertiary/aromatic N) is 1. The number of nitrogens with one attached hydrogen (secondary N) is 1. The highest BCUT2D eigenvalue weighted by Gasteiger charge is 2.27. The lowest BCUT2D eigenvalue weighted by atomic mass is 10.0. The minimum atomic E-state index is -4.36. The Morgan fingerprint density at radius 3 is 1.14 bits per heavy atom. The summed E-state index contributed by atoms with van der Waals surface area (Å²) >= 11 is 0. The molecule has 3 unspecified atom stereocenters. The van der Waals surface area contributed by atoms with Crippen molar-refractivity contribution in [3.05, 3.63) is 36.5 Å². The number of unbranched alkanes of at least 4 members (excludes halogenated alkanes) is 39. The number of rotatable bonds is 56. The first-order valence-corrected chi connectivity index (χ1v) is 31.9. The third-order valence-electron chi connectivity index (χ3n) is 13.8. The summed E-state index contributed by atoms with van der Waals surface area (Å²) < 4.78 is 23.7. The van der Waals surface area contributed by atoms with Crippen LogP contribution in [-0.2, 0) is 18.4 Å². The summed E-state index contributed by atoms with van der Waals surface area (Å²) in [6.45, 7) is 4.84. The number of carbonyl (C=O) groups excluding carboxylic acids is 1. The molecule has 0 aromatic carbocycles. The van der Waals surface area contributed by atoms with E-state index in [0.717, 1.165) is 38.5 Å². The molecule has 0 spiro atoms. The first-order valence-electron chi connectivity index (χ1n) is 30.4. The predicted octanol–water partition coefficient (Wildman–Crippen LogP) is 18.5. The molecule has 0 aromatic rings. The van der Waals surface area contributed by atoms with Gasteiger partial charge < -0.3 is 19.8 Å². The highest BCUT2D eigenvalue weighted by Crippen LogP contribution is 2.43. The average molecular weight is 1010 g/mol. The van der Waals surface area contributed by atoms with Crippen LogP contribution in [0.1, 0.15) is 296 Å². The van der Waals surface area contributed by atoms with Gasteiger partial charge >= 0.3 is 7.82 Å². The quantitative estimate of drug-likeness (QED) is 0.0243. The molecule has 0 aliphatic heterocycles. The fraction of sp³-hybridized carbons (Fsp3) is 0.885. The molecular formula is C61H120N2O6P+. The van der Waals surface area contributed by atoms with Crippen LogP contribution < -0.4 is 5.32 Å². The van der Waals surface area contributed by atoms with Crippen LogP contribution in [0.15, 0.2) is 36.5 Å². The number of quaternary nitrogens is 1. The van der Waals surface area contributed by atoms with Gasteiger partial charge in [0.2, 0.25) is 5.91 Å². The maximum absolute atomic E-state index is 13.0. The van der Waals surface area contributed by atoms with Gasteiger partial charge in [-0.2, -0.15) is 0 Å². The molecule has 3 N–H and O–H groups in total. The molecule has 0 rings (SSSR count). The van der Waals surface area contributed by atoms with Crippen molar-refractivity contribution in [3.8, 4) is 0 Å². The van der Waals surface area contributed by atoms with Gasteiger partial charge in [0.15, 0.2) is 0 Å². The molecule has 3 atom stereocenters. The van der Waals surface area contributed by atoms with Crippen LogP contribution in [-0.4, -0.2) is 73.4 Å². The van der Waals surface area contributed by atoms with Crippen LogP contribution in [0.4, 0.5) is 0 Å². The second-order valence-electron chi connectivity index (χ2n) is 22.1. The molecule has 0 saturated heterocycles. The van der Waals surface area contributed by atoms with Gasteiger partial charge in [-0.1, -0.05) is 269 Å². The second kappa shape index (κ2) is 52.6. The molecule has 1 amide bonds. The summed E-state index contributed by atoms with van der Waals surface area (Å²) in [4.78, 5) is 23.3. The third-order valence-corrected chi connectivity index (χ3v) is 14.8. The first kappa shape index (κ1) is 68.7. The van der Waals surface area contributed by atoms with Gasteiger partial charge in [0.05, 0.1) is 39.9 Å². The van der Waals surface area contributed by atoms with E-state index in [4.69, 9.17) is 9.05 Å². The van der Waals surface area contributed by atoms with Crippen molar-refractivity contribution in [1.29, 1.82) is 0 Å². The molecule has 0 aliphatic rings. The van der Waals surface area contributed by atoms with Crippen molar-refractivity contribution in [1.82, 2.24) is 5.32 Å². The van der Waals surface area contributed by atoms with E-state index in [1.54, 1.807) is 6.08 Å². The lowest BCUT2D eigenvalue weighted by molar-refractivity contribution is -0.870. The number of aliphatic hydroxyl groups is 1. The number of likely N-dealkylation sites (N-methyl/N-ethyl adjacent to an activating group) is 1. The lowest BCUT2D eigenvalue weighted by Gasteiger charge is -2.25. The fourth-order valence-corrected chi connectivity index (χ4v) is 9.79. The zero-order valence-corrected chi connectivity index (χ0v) is 48.2. The highest BCUT2D eigenvalue weighted by atomic mass is 31.2. The van der Waals surface area contributed by atoms with Gasteiger partial charge in [-0.3, -0.25) is 13.8 Å². The fourth-order valence-electron chi connectivity index (χ4n) is 9.06. The molecular weight excluding hydrogens is 888 g/mol. The summed E-state index contributed by atoms with van der Waals surface area (Å²) in [7, 11) is 1.56. The minimum absolute atomic E-state index is 0.0565. The number of aliphatic hydroxyl groups excluding tert-OH is 1. The molecule has 70 heavy (non-hydrogen) atoms. The number of allylic oxidation sites excluding steroid dienone is 5. The van der Waals surface area contributed by atoms with Crippen molar-refractivity contribution < 1.29 is 32.9 Å². The monoisotopic (exact) mass is 1010 g/mol. The SMILES string of the molecule is CCCCCCCCCCCCCC/C=C\CCCCCCCCCCCC(=O)NC(COP(=O)(O)OCC[N+](C)(C)C)C(O)/C=C/CC/C=C/CCCCCCCCCCCCCCCCCCC. The standard InChI is InChI=1S/C61H119N2O6P/c1-6-8-10-12-14-16-18-20-22-24-26-28-30-31-33-35-37-39-41-43-45-47-49-51-53-55-61(65)62-59(58-69-70(66,67)68-57-56-63(3,4)5)60(64)54-52-50-48-46-44-42-40-38-36-34-32-29-27-25-23-21-19-17-15-13-11-9-7-2/h31,33,44,46,52,54,59-60,64H,6-30,32,34-43,45,47-51,53,55-58H2,1-5H3,(H-,62,65,66,67)/p+1/b33-31-,46-44+,54-52+. The molecule has 0 bridgehead atoms. The van der Waals surface area contributed by atoms with E-state index in [0.29, 0.717) is 17.4 Å². The van der Waals surface area contributed by atoms with Gasteiger partial charge in [-0.15, -0.1) is 0 Å². The zero-order chi connectivity index (χ0) is 51.3. The summed E-state index contributed by atoms with van der Waals surface area (Å²) in [6.07, 6.45) is 68.3. The van der Waals surface area contributed by atoms with Crippen molar-refractivity contribution in [2.45, 2.75) is 309 Å². The smallest absolute Gasteiger partial charge is 0.387 e. The zero-order valence-electron chi connectivity index (χ0n) is 47.3. The Morgan fingerprint density at radius 1 is 0.471 bits per heavy atom. The van der Waals surface area contributed by atoms with E-state index in [2.05, 4.69) is 43.5 Å². The molecule has 0 radical (unpaired) electrons. The molecule has 0 aromatic heterocycles. The van der Waals surface area contributed by atoms with Crippen molar-refractivity contribution in [2.24, 2.45) is 0 Å². The largest absolute Gasteiger partial charge is 0.472 e. The van der Waals surface area contributed by atoms with E-state index < -0.39 is 20.0 Å². The number of hydrogen-bond donors (Lipinski definition) is 3. The highest BCUT2D eigenvalue weighted by molar-refractivity contribution is 7.47. The van der Waals surface area contributed by atoms with Gasteiger partial charge in [0.1, 0.15) is 13.2 Å². The third kappa shape index (κ3) is 54.5. The number of hydrogen-bond acceptors (Lipinski definition) is 5. The Morgan fingerprint density at radius 2 is 0.786 bits per heavy atom. The van der Waals surface area contributed by atoms with E-state index in [1.807, 2.05) is 27.2 Å². The molecule has 414 valence electrons. The van der Waals surface area contributed by atoms with Crippen molar-refractivity contribution >= 4 is 13.7 Å². The summed E-state index contributed by atoms with van der Waals surface area (Å²) in [5.41, 5.74) is 0. The summed E-state index contributed by atoms with van der Waals surface area (Å²) in [5, 5.41) is 13.9. The normalized spacial score (nSPS) is 14.1. The molecule has 0 saturated carbocycles. The summed E-state index contributed by atoms with van der Waals surface area (Å²) in [5.74, 6) is -0.185.